The van der Waals surface area contributed by atoms with Crippen molar-refractivity contribution in [2.75, 3.05) is 31.2 Å². The fraction of sp³-hybridized carbons (Fsp3) is 0.188. The second-order valence-electron chi connectivity index (χ2n) is 9.76. The first kappa shape index (κ1) is 25.6. The molecule has 0 amide bonds. The van der Waals surface area contributed by atoms with Crippen LogP contribution in [0, 0.1) is 0 Å². The zero-order valence-corrected chi connectivity index (χ0v) is 22.1. The molecule has 3 aromatic heterocycles. The van der Waals surface area contributed by atoms with Crippen molar-refractivity contribution in [2.45, 2.75) is 13.1 Å². The standard InChI is InChI=1S/C32H30N6O2/c39-29-7-2-5-25(17-29)22-38(31-10-11-33-23-35-31)32-9-3-8-30(36-32)28-18-27(19-34-20-28)26-6-1-4-24(16-26)21-37-12-14-40-15-13-37/h1-11,16-20,23,39H,12-15,21-22H2. The number of phenols is 1. The van der Waals surface area contributed by atoms with Crippen LogP contribution in [0.5, 0.6) is 5.75 Å². The number of benzene rings is 2. The van der Waals surface area contributed by atoms with Crippen LogP contribution in [0.25, 0.3) is 22.4 Å². The molecule has 4 heterocycles. The van der Waals surface area contributed by atoms with Crippen LogP contribution in [0.3, 0.4) is 0 Å². The SMILES string of the molecule is Oc1cccc(CN(c2ccncn2)c2cccc(-c3cncc(-c4cccc(CN5CCOCC5)c4)c3)n2)c1. The van der Waals surface area contributed by atoms with Gasteiger partial charge in [0.15, 0.2) is 0 Å². The predicted molar refractivity (Wildman–Crippen MR) is 155 cm³/mol. The van der Waals surface area contributed by atoms with Gasteiger partial charge in [0.1, 0.15) is 23.7 Å². The van der Waals surface area contributed by atoms with Crippen LogP contribution in [0.2, 0.25) is 0 Å². The molecular formula is C32H30N6O2. The van der Waals surface area contributed by atoms with Gasteiger partial charge in [-0.05, 0) is 59.2 Å². The van der Waals surface area contributed by atoms with Crippen molar-refractivity contribution in [2.24, 2.45) is 0 Å². The maximum atomic E-state index is 10.0. The monoisotopic (exact) mass is 530 g/mol. The fourth-order valence-electron chi connectivity index (χ4n) is 4.90. The van der Waals surface area contributed by atoms with Crippen molar-refractivity contribution in [3.63, 3.8) is 0 Å². The van der Waals surface area contributed by atoms with E-state index in [9.17, 15) is 5.11 Å². The molecule has 0 saturated carbocycles. The third-order valence-electron chi connectivity index (χ3n) is 6.91. The molecule has 2 aromatic carbocycles. The molecule has 1 saturated heterocycles. The van der Waals surface area contributed by atoms with Crippen LogP contribution in [-0.4, -0.2) is 56.2 Å². The van der Waals surface area contributed by atoms with E-state index in [1.165, 1.54) is 11.9 Å². The molecule has 200 valence electrons. The maximum Gasteiger partial charge on any atom is 0.137 e. The van der Waals surface area contributed by atoms with Crippen LogP contribution in [-0.2, 0) is 17.8 Å². The Balaban J connectivity index is 1.29. The minimum absolute atomic E-state index is 0.221. The number of aromatic hydroxyl groups is 1. The van der Waals surface area contributed by atoms with E-state index in [-0.39, 0.29) is 5.75 Å². The molecule has 0 aliphatic carbocycles. The minimum Gasteiger partial charge on any atom is -0.508 e. The number of rotatable bonds is 8. The Kier molecular flexibility index (Phi) is 7.70. The summed E-state index contributed by atoms with van der Waals surface area (Å²) in [6.45, 7) is 4.89. The van der Waals surface area contributed by atoms with Crippen LogP contribution in [0.1, 0.15) is 11.1 Å². The predicted octanol–water partition coefficient (Wildman–Crippen LogP) is 5.48. The number of aromatic nitrogens is 4. The smallest absolute Gasteiger partial charge is 0.137 e. The third-order valence-corrected chi connectivity index (χ3v) is 6.91. The second-order valence-corrected chi connectivity index (χ2v) is 9.76. The van der Waals surface area contributed by atoms with Crippen molar-refractivity contribution in [3.8, 4) is 28.1 Å². The maximum absolute atomic E-state index is 10.0. The van der Waals surface area contributed by atoms with E-state index in [0.717, 1.165) is 66.6 Å². The minimum atomic E-state index is 0.221. The second kappa shape index (κ2) is 12.0. The van der Waals surface area contributed by atoms with Gasteiger partial charge >= 0.3 is 0 Å². The highest BCUT2D eigenvalue weighted by atomic mass is 16.5. The lowest BCUT2D eigenvalue weighted by Gasteiger charge is -2.26. The Bertz CT molecular complexity index is 1570. The molecule has 1 aliphatic rings. The molecule has 0 spiro atoms. The Hall–Kier alpha value is -4.66. The van der Waals surface area contributed by atoms with Gasteiger partial charge in [0.25, 0.3) is 0 Å². The molecule has 1 aliphatic heterocycles. The van der Waals surface area contributed by atoms with Gasteiger partial charge in [-0.2, -0.15) is 0 Å². The molecule has 6 rings (SSSR count). The van der Waals surface area contributed by atoms with Gasteiger partial charge in [-0.15, -0.1) is 0 Å². The van der Waals surface area contributed by atoms with E-state index in [1.54, 1.807) is 18.3 Å². The number of hydrogen-bond donors (Lipinski definition) is 1. The highest BCUT2D eigenvalue weighted by molar-refractivity contribution is 5.71. The molecule has 0 atom stereocenters. The summed E-state index contributed by atoms with van der Waals surface area (Å²) in [6.07, 6.45) is 6.98. The van der Waals surface area contributed by atoms with Gasteiger partial charge in [0, 0.05) is 49.4 Å². The van der Waals surface area contributed by atoms with Crippen LogP contribution in [0.4, 0.5) is 11.6 Å². The van der Waals surface area contributed by atoms with Crippen molar-refractivity contribution in [3.05, 3.63) is 115 Å². The van der Waals surface area contributed by atoms with E-state index >= 15 is 0 Å². The summed E-state index contributed by atoms with van der Waals surface area (Å²) in [7, 11) is 0. The average molecular weight is 531 g/mol. The Morgan fingerprint density at radius 3 is 2.45 bits per heavy atom. The summed E-state index contributed by atoms with van der Waals surface area (Å²) < 4.78 is 5.49. The quantitative estimate of drug-likeness (QED) is 0.282. The topological polar surface area (TPSA) is 87.5 Å². The number of nitrogens with zero attached hydrogens (tertiary/aromatic N) is 6. The van der Waals surface area contributed by atoms with Gasteiger partial charge in [-0.25, -0.2) is 15.0 Å². The van der Waals surface area contributed by atoms with E-state index in [2.05, 4.69) is 50.2 Å². The van der Waals surface area contributed by atoms with Gasteiger partial charge in [-0.1, -0.05) is 36.4 Å². The fourth-order valence-corrected chi connectivity index (χ4v) is 4.90. The van der Waals surface area contributed by atoms with Crippen LogP contribution >= 0.6 is 0 Å². The molecule has 8 heteroatoms. The van der Waals surface area contributed by atoms with Gasteiger partial charge in [0.05, 0.1) is 25.5 Å². The summed E-state index contributed by atoms with van der Waals surface area (Å²) in [4.78, 5) is 22.5. The van der Waals surface area contributed by atoms with E-state index < -0.39 is 0 Å². The number of pyridine rings is 2. The Morgan fingerprint density at radius 1 is 0.775 bits per heavy atom. The zero-order chi connectivity index (χ0) is 27.1. The van der Waals surface area contributed by atoms with Crippen LogP contribution in [0.15, 0.2) is 104 Å². The molecule has 0 unspecified atom stereocenters. The van der Waals surface area contributed by atoms with E-state index in [1.807, 2.05) is 53.7 Å². The van der Waals surface area contributed by atoms with Crippen molar-refractivity contribution < 1.29 is 9.84 Å². The van der Waals surface area contributed by atoms with E-state index in [0.29, 0.717) is 12.4 Å². The lowest BCUT2D eigenvalue weighted by Crippen LogP contribution is -2.35. The summed E-state index contributed by atoms with van der Waals surface area (Å²) in [6, 6.07) is 25.8. The van der Waals surface area contributed by atoms with Crippen molar-refractivity contribution in [1.82, 2.24) is 24.8 Å². The summed E-state index contributed by atoms with van der Waals surface area (Å²) in [5.41, 5.74) is 6.12. The molecule has 1 N–H and O–H groups in total. The molecular weight excluding hydrogens is 500 g/mol. The first-order valence-electron chi connectivity index (χ1n) is 13.3. The lowest BCUT2D eigenvalue weighted by molar-refractivity contribution is 0.0342. The zero-order valence-electron chi connectivity index (χ0n) is 22.1. The molecule has 1 fully saturated rings. The van der Waals surface area contributed by atoms with Gasteiger partial charge in [-0.3, -0.25) is 9.88 Å². The highest BCUT2D eigenvalue weighted by Gasteiger charge is 2.15. The molecule has 8 nitrogen and oxygen atoms in total. The third kappa shape index (κ3) is 6.14. The van der Waals surface area contributed by atoms with Crippen molar-refractivity contribution >= 4 is 11.6 Å². The number of hydrogen-bond acceptors (Lipinski definition) is 8. The van der Waals surface area contributed by atoms with Gasteiger partial charge < -0.3 is 14.7 Å². The normalized spacial score (nSPS) is 13.7. The number of phenolic OH excluding ortho intramolecular Hbond substituents is 1. The lowest BCUT2D eigenvalue weighted by atomic mass is 10.0. The Labute approximate surface area is 233 Å². The van der Waals surface area contributed by atoms with Crippen molar-refractivity contribution in [1.29, 1.82) is 0 Å². The van der Waals surface area contributed by atoms with E-state index in [4.69, 9.17) is 9.72 Å². The number of anilines is 2. The molecule has 0 radical (unpaired) electrons. The number of ether oxygens (including phenoxy) is 1. The molecule has 0 bridgehead atoms. The first-order chi connectivity index (χ1) is 19.7. The highest BCUT2D eigenvalue weighted by Crippen LogP contribution is 2.29. The molecule has 5 aromatic rings. The molecule has 40 heavy (non-hydrogen) atoms. The summed E-state index contributed by atoms with van der Waals surface area (Å²) in [5, 5.41) is 10.0. The first-order valence-corrected chi connectivity index (χ1v) is 13.3. The summed E-state index contributed by atoms with van der Waals surface area (Å²) in [5.74, 6) is 1.67. The Morgan fingerprint density at radius 2 is 1.60 bits per heavy atom. The van der Waals surface area contributed by atoms with Crippen LogP contribution < -0.4 is 4.90 Å². The van der Waals surface area contributed by atoms with Gasteiger partial charge in [0.2, 0.25) is 0 Å². The largest absolute Gasteiger partial charge is 0.508 e. The average Bonchev–Trinajstić information content (AvgIpc) is 3.01. The number of morpholine rings is 1. The summed E-state index contributed by atoms with van der Waals surface area (Å²) >= 11 is 0.